The number of ether oxygens (including phenoxy) is 2. The van der Waals surface area contributed by atoms with Gasteiger partial charge in [0.25, 0.3) is 0 Å². The van der Waals surface area contributed by atoms with Gasteiger partial charge in [-0.25, -0.2) is 0 Å². The van der Waals surface area contributed by atoms with E-state index in [0.29, 0.717) is 30.5 Å². The van der Waals surface area contributed by atoms with Gasteiger partial charge in [-0.15, -0.1) is 0 Å². The van der Waals surface area contributed by atoms with Crippen LogP contribution in [0.4, 0.5) is 0 Å². The topological polar surface area (TPSA) is 89.9 Å². The third kappa shape index (κ3) is 4.26. The minimum atomic E-state index is -0.448. The fraction of sp³-hybridized carbons (Fsp3) is 0.897. The van der Waals surface area contributed by atoms with E-state index in [2.05, 4.69) is 27.7 Å². The first-order valence-corrected chi connectivity index (χ1v) is 13.9. The molecule has 0 radical (unpaired) electrons. The predicted octanol–water partition coefficient (Wildman–Crippen LogP) is 4.95. The van der Waals surface area contributed by atoms with Crippen molar-refractivity contribution in [3.8, 4) is 0 Å². The lowest BCUT2D eigenvalue weighted by Crippen LogP contribution is -2.64. The van der Waals surface area contributed by atoms with E-state index in [1.54, 1.807) is 0 Å². The Morgan fingerprint density at radius 3 is 2.46 bits per heavy atom. The number of rotatable bonds is 6. The van der Waals surface area contributed by atoms with Crippen LogP contribution in [0.2, 0.25) is 0 Å². The molecular formula is C29H46O6. The van der Waals surface area contributed by atoms with E-state index < -0.39 is 6.10 Å². The minimum absolute atomic E-state index is 0.00215. The van der Waals surface area contributed by atoms with E-state index in [9.17, 15) is 19.5 Å². The summed E-state index contributed by atoms with van der Waals surface area (Å²) in [6.07, 6.45) is 6.61. The normalized spacial score (nSPS) is 45.6. The lowest BCUT2D eigenvalue weighted by molar-refractivity contribution is -0.195. The number of Topliss-reactive ketones (excluding diaryl/α,β-unsaturated/α-hetero) is 1. The van der Waals surface area contributed by atoms with Gasteiger partial charge in [-0.1, -0.05) is 27.7 Å². The molecule has 6 heteroatoms. The van der Waals surface area contributed by atoms with E-state index in [1.165, 1.54) is 14.0 Å². The minimum Gasteiger partial charge on any atom is -0.469 e. The second-order valence-electron chi connectivity index (χ2n) is 12.7. The molecular weight excluding hydrogens is 444 g/mol. The monoisotopic (exact) mass is 490 g/mol. The Morgan fingerprint density at radius 2 is 1.83 bits per heavy atom. The number of carbonyl (C=O) groups is 3. The van der Waals surface area contributed by atoms with Crippen molar-refractivity contribution in [3.63, 3.8) is 0 Å². The molecule has 0 aromatic carbocycles. The molecule has 0 aliphatic heterocycles. The Bertz CT molecular complexity index is 839. The van der Waals surface area contributed by atoms with Crippen molar-refractivity contribution in [1.29, 1.82) is 0 Å². The number of aliphatic hydroxyl groups is 1. The van der Waals surface area contributed by atoms with Crippen molar-refractivity contribution >= 4 is 17.7 Å². The van der Waals surface area contributed by atoms with E-state index in [1.807, 2.05) is 0 Å². The van der Waals surface area contributed by atoms with Gasteiger partial charge in [-0.3, -0.25) is 14.4 Å². The Hall–Kier alpha value is -1.43. The summed E-state index contributed by atoms with van der Waals surface area (Å²) in [4.78, 5) is 37.6. The highest BCUT2D eigenvalue weighted by atomic mass is 16.5. The summed E-state index contributed by atoms with van der Waals surface area (Å²) in [6.45, 7) is 10.4. The molecule has 0 unspecified atom stereocenters. The zero-order valence-corrected chi connectivity index (χ0v) is 22.5. The fourth-order valence-corrected chi connectivity index (χ4v) is 9.55. The molecule has 4 aliphatic rings. The third-order valence-electron chi connectivity index (χ3n) is 11.3. The molecule has 35 heavy (non-hydrogen) atoms. The van der Waals surface area contributed by atoms with Crippen LogP contribution in [0.25, 0.3) is 0 Å². The molecule has 4 fully saturated rings. The number of hydrogen-bond donors (Lipinski definition) is 1. The van der Waals surface area contributed by atoms with Gasteiger partial charge in [-0.05, 0) is 86.4 Å². The highest BCUT2D eigenvalue weighted by Crippen LogP contribution is 2.68. The van der Waals surface area contributed by atoms with Crippen LogP contribution in [0.1, 0.15) is 92.4 Å². The molecule has 11 atom stereocenters. The summed E-state index contributed by atoms with van der Waals surface area (Å²) in [5, 5.41) is 11.7. The standard InChI is InChI=1S/C29H46O6/c1-7-19-22-14-18(35-17(3)30)12-13-28(22,4)23-15-24(31)29(5)20(16(2)8-11-25(32)34-6)9-10-21(29)26(23)27(19)33/h16,18-24,26,31H,7-15H2,1-6H3/t16-,18-,19-,20-,21+,22+,23+,24+,26+,28+,29-/m1/s1. The second kappa shape index (κ2) is 9.79. The molecule has 0 aromatic rings. The fourth-order valence-electron chi connectivity index (χ4n) is 9.55. The summed E-state index contributed by atoms with van der Waals surface area (Å²) in [5.41, 5.74) is -0.324. The molecule has 1 N–H and O–H groups in total. The highest BCUT2D eigenvalue weighted by molar-refractivity contribution is 5.86. The Balaban J connectivity index is 1.62. The van der Waals surface area contributed by atoms with Crippen molar-refractivity contribution in [2.75, 3.05) is 7.11 Å². The third-order valence-corrected chi connectivity index (χ3v) is 11.3. The summed E-state index contributed by atoms with van der Waals surface area (Å²) in [7, 11) is 1.43. The number of carbonyl (C=O) groups excluding carboxylic acids is 3. The van der Waals surface area contributed by atoms with Gasteiger partial charge in [0.2, 0.25) is 0 Å². The molecule has 0 heterocycles. The van der Waals surface area contributed by atoms with Gasteiger partial charge in [0.15, 0.2) is 0 Å². The number of methoxy groups -OCH3 is 1. The van der Waals surface area contributed by atoms with Crippen LogP contribution in [0.3, 0.4) is 0 Å². The van der Waals surface area contributed by atoms with Gasteiger partial charge >= 0.3 is 11.9 Å². The number of aliphatic hydroxyl groups excluding tert-OH is 1. The lowest BCUT2D eigenvalue weighted by atomic mass is 9.41. The summed E-state index contributed by atoms with van der Waals surface area (Å²) in [6, 6.07) is 0. The zero-order chi connectivity index (χ0) is 25.7. The van der Waals surface area contributed by atoms with Crippen molar-refractivity contribution in [3.05, 3.63) is 0 Å². The second-order valence-corrected chi connectivity index (χ2v) is 12.7. The van der Waals surface area contributed by atoms with E-state index in [-0.39, 0.29) is 58.5 Å². The molecule has 0 saturated heterocycles. The smallest absolute Gasteiger partial charge is 0.305 e. The van der Waals surface area contributed by atoms with Crippen LogP contribution in [0, 0.1) is 52.3 Å². The Labute approximate surface area is 210 Å². The van der Waals surface area contributed by atoms with Crippen LogP contribution in [-0.4, -0.2) is 42.1 Å². The van der Waals surface area contributed by atoms with Crippen molar-refractivity contribution in [2.45, 2.75) is 105 Å². The van der Waals surface area contributed by atoms with Crippen LogP contribution >= 0.6 is 0 Å². The molecule has 4 rings (SSSR count). The van der Waals surface area contributed by atoms with Crippen LogP contribution in [0.15, 0.2) is 0 Å². The number of esters is 2. The maximum absolute atomic E-state index is 14.2. The molecule has 4 aliphatic carbocycles. The predicted molar refractivity (Wildman–Crippen MR) is 132 cm³/mol. The molecule has 0 bridgehead atoms. The van der Waals surface area contributed by atoms with Crippen molar-refractivity contribution in [2.24, 2.45) is 52.3 Å². The van der Waals surface area contributed by atoms with Crippen LogP contribution in [0.5, 0.6) is 0 Å². The summed E-state index contributed by atoms with van der Waals surface area (Å²) in [5.74, 6) is 1.12. The summed E-state index contributed by atoms with van der Waals surface area (Å²) < 4.78 is 10.5. The first-order valence-electron chi connectivity index (χ1n) is 13.9. The van der Waals surface area contributed by atoms with Crippen molar-refractivity contribution < 1.29 is 29.0 Å². The lowest BCUT2D eigenvalue weighted by Gasteiger charge is -2.63. The van der Waals surface area contributed by atoms with Crippen LogP contribution < -0.4 is 0 Å². The maximum atomic E-state index is 14.2. The summed E-state index contributed by atoms with van der Waals surface area (Å²) >= 11 is 0. The molecule has 6 nitrogen and oxygen atoms in total. The highest BCUT2D eigenvalue weighted by Gasteiger charge is 2.67. The first-order chi connectivity index (χ1) is 16.5. The molecule has 0 spiro atoms. The molecule has 0 aromatic heterocycles. The Morgan fingerprint density at radius 1 is 1.11 bits per heavy atom. The van der Waals surface area contributed by atoms with E-state index in [0.717, 1.165) is 44.9 Å². The van der Waals surface area contributed by atoms with Gasteiger partial charge in [0.05, 0.1) is 13.2 Å². The maximum Gasteiger partial charge on any atom is 0.305 e. The number of ketones is 1. The first kappa shape index (κ1) is 26.6. The molecule has 4 saturated carbocycles. The molecule has 198 valence electrons. The quantitative estimate of drug-likeness (QED) is 0.530. The van der Waals surface area contributed by atoms with Crippen molar-refractivity contribution in [1.82, 2.24) is 0 Å². The van der Waals surface area contributed by atoms with E-state index in [4.69, 9.17) is 9.47 Å². The van der Waals surface area contributed by atoms with Crippen LogP contribution in [-0.2, 0) is 23.9 Å². The van der Waals surface area contributed by atoms with Gasteiger partial charge < -0.3 is 14.6 Å². The van der Waals surface area contributed by atoms with Gasteiger partial charge in [0, 0.05) is 30.6 Å². The van der Waals surface area contributed by atoms with Gasteiger partial charge in [-0.2, -0.15) is 0 Å². The SMILES string of the molecule is CC[C@H]1C(=O)[C@@H]2[C@H](C[C@H](O)[C@]3(C)[C@@H]([C@H](C)CCC(=O)OC)CC[C@@H]23)[C@@]2(C)CC[C@@H](OC(C)=O)C[C@@H]12. The largest absolute Gasteiger partial charge is 0.469 e. The zero-order valence-electron chi connectivity index (χ0n) is 22.5. The average molecular weight is 491 g/mol. The Kier molecular flexibility index (Phi) is 7.45. The average Bonchev–Trinajstić information content (AvgIpc) is 3.17. The number of hydrogen-bond acceptors (Lipinski definition) is 6. The van der Waals surface area contributed by atoms with E-state index >= 15 is 0 Å². The molecule has 0 amide bonds. The number of fused-ring (bicyclic) bond motifs is 5. The van der Waals surface area contributed by atoms with Gasteiger partial charge in [0.1, 0.15) is 11.9 Å².